The topological polar surface area (TPSA) is 60.2 Å². The van der Waals surface area contributed by atoms with Crippen LogP contribution >= 0.6 is 15.9 Å². The van der Waals surface area contributed by atoms with Crippen molar-refractivity contribution in [3.63, 3.8) is 0 Å². The molecule has 0 saturated carbocycles. The van der Waals surface area contributed by atoms with Gasteiger partial charge in [-0.25, -0.2) is 0 Å². The van der Waals surface area contributed by atoms with Gasteiger partial charge in [-0.1, -0.05) is 41.6 Å². The summed E-state index contributed by atoms with van der Waals surface area (Å²) in [5.41, 5.74) is 2.08. The van der Waals surface area contributed by atoms with E-state index in [0.29, 0.717) is 11.7 Å². The summed E-state index contributed by atoms with van der Waals surface area (Å²) in [7, 11) is 1.66. The molecule has 1 N–H and O–H groups in total. The summed E-state index contributed by atoms with van der Waals surface area (Å²) < 4.78 is 11.6. The predicted molar refractivity (Wildman–Crippen MR) is 100 cm³/mol. The van der Waals surface area contributed by atoms with Gasteiger partial charge in [0.25, 0.3) is 0 Å². The van der Waals surface area contributed by atoms with E-state index in [4.69, 9.17) is 9.26 Å². The molecule has 130 valence electrons. The van der Waals surface area contributed by atoms with Crippen molar-refractivity contribution in [1.82, 2.24) is 15.5 Å². The molecular weight excluding hydrogens is 382 g/mol. The summed E-state index contributed by atoms with van der Waals surface area (Å²) in [6, 6.07) is 15.9. The first-order valence-electron chi connectivity index (χ1n) is 8.07. The molecule has 0 saturated heterocycles. The molecule has 0 bridgehead atoms. The summed E-state index contributed by atoms with van der Waals surface area (Å²) in [5.74, 6) is 1.98. The number of nitrogens with one attached hydrogen (secondary N) is 1. The number of hydrogen-bond donors (Lipinski definition) is 1. The van der Waals surface area contributed by atoms with Crippen LogP contribution in [0, 0.1) is 0 Å². The number of halogens is 1. The maximum absolute atomic E-state index is 5.42. The van der Waals surface area contributed by atoms with Crippen LogP contribution < -0.4 is 10.1 Å². The fraction of sp³-hybridized carbons (Fsp3) is 0.263. The Kier molecular flexibility index (Phi) is 5.50. The normalized spacial score (nSPS) is 13.4. The highest BCUT2D eigenvalue weighted by Gasteiger charge is 2.18. The third-order valence-corrected chi connectivity index (χ3v) is 4.64. The van der Waals surface area contributed by atoms with Gasteiger partial charge in [0.05, 0.1) is 17.6 Å². The van der Waals surface area contributed by atoms with Crippen LogP contribution in [0.1, 0.15) is 37.4 Å². The van der Waals surface area contributed by atoms with Crippen molar-refractivity contribution >= 4 is 15.9 Å². The van der Waals surface area contributed by atoms with E-state index in [9.17, 15) is 0 Å². The zero-order chi connectivity index (χ0) is 17.8. The Bertz CT molecular complexity index is 836. The number of benzene rings is 2. The molecule has 3 rings (SSSR count). The van der Waals surface area contributed by atoms with Crippen LogP contribution in [0.5, 0.6) is 5.75 Å². The van der Waals surface area contributed by atoms with Gasteiger partial charge in [-0.2, -0.15) is 4.98 Å². The molecule has 2 atom stereocenters. The van der Waals surface area contributed by atoms with E-state index in [1.54, 1.807) is 7.11 Å². The molecule has 1 heterocycles. The smallest absolute Gasteiger partial charge is 0.243 e. The maximum Gasteiger partial charge on any atom is 0.243 e. The minimum Gasteiger partial charge on any atom is -0.496 e. The van der Waals surface area contributed by atoms with Crippen molar-refractivity contribution in [2.45, 2.75) is 25.9 Å². The Balaban J connectivity index is 1.70. The molecular formula is C19H20BrN3O2. The van der Waals surface area contributed by atoms with Crippen LogP contribution in [-0.4, -0.2) is 17.3 Å². The zero-order valence-electron chi connectivity index (χ0n) is 14.4. The highest BCUT2D eigenvalue weighted by atomic mass is 79.9. The van der Waals surface area contributed by atoms with Crippen molar-refractivity contribution in [3.05, 3.63) is 64.5 Å². The molecule has 5 nitrogen and oxygen atoms in total. The van der Waals surface area contributed by atoms with Crippen molar-refractivity contribution in [2.75, 3.05) is 7.11 Å². The molecule has 6 heteroatoms. The minimum atomic E-state index is -0.0687. The Morgan fingerprint density at radius 2 is 1.84 bits per heavy atom. The number of rotatable bonds is 6. The second kappa shape index (κ2) is 7.80. The molecule has 3 aromatic rings. The van der Waals surface area contributed by atoms with Crippen LogP contribution in [0.2, 0.25) is 0 Å². The molecule has 0 radical (unpaired) electrons. The molecule has 2 unspecified atom stereocenters. The summed E-state index contributed by atoms with van der Waals surface area (Å²) in [6.07, 6.45) is 0. The standard InChI is InChI=1S/C19H20BrN3O2/c1-12(15-9-10-17(24-3)16(20)11-15)21-13(2)19-22-18(23-25-19)14-7-5-4-6-8-14/h4-13,21H,1-3H3. The average Bonchev–Trinajstić information content (AvgIpc) is 3.12. The largest absolute Gasteiger partial charge is 0.496 e. The van der Waals surface area contributed by atoms with Crippen LogP contribution in [0.25, 0.3) is 11.4 Å². The van der Waals surface area contributed by atoms with Gasteiger partial charge in [-0.3, -0.25) is 5.32 Å². The van der Waals surface area contributed by atoms with Gasteiger partial charge < -0.3 is 9.26 Å². The molecule has 0 aliphatic rings. The van der Waals surface area contributed by atoms with Crippen LogP contribution in [-0.2, 0) is 0 Å². The van der Waals surface area contributed by atoms with E-state index < -0.39 is 0 Å². The highest BCUT2D eigenvalue weighted by molar-refractivity contribution is 9.10. The molecule has 2 aromatic carbocycles. The molecule has 1 aromatic heterocycles. The fourth-order valence-electron chi connectivity index (χ4n) is 2.61. The average molecular weight is 402 g/mol. The van der Waals surface area contributed by atoms with Gasteiger partial charge >= 0.3 is 0 Å². The maximum atomic E-state index is 5.42. The lowest BCUT2D eigenvalue weighted by Gasteiger charge is -2.18. The number of hydrogen-bond acceptors (Lipinski definition) is 5. The molecule has 0 amide bonds. The van der Waals surface area contributed by atoms with E-state index in [1.165, 1.54) is 0 Å². The van der Waals surface area contributed by atoms with Crippen molar-refractivity contribution in [2.24, 2.45) is 0 Å². The van der Waals surface area contributed by atoms with E-state index in [2.05, 4.69) is 38.3 Å². The lowest BCUT2D eigenvalue weighted by Crippen LogP contribution is -2.22. The monoisotopic (exact) mass is 401 g/mol. The van der Waals surface area contributed by atoms with Gasteiger partial charge in [-0.05, 0) is 47.5 Å². The summed E-state index contributed by atoms with van der Waals surface area (Å²) in [4.78, 5) is 4.50. The van der Waals surface area contributed by atoms with Gasteiger partial charge in [0.15, 0.2) is 0 Å². The second-order valence-corrected chi connectivity index (χ2v) is 6.68. The lowest BCUT2D eigenvalue weighted by molar-refractivity contribution is 0.328. The SMILES string of the molecule is COc1ccc(C(C)NC(C)c2nc(-c3ccccc3)no2)cc1Br. The third-order valence-electron chi connectivity index (χ3n) is 4.02. The Hall–Kier alpha value is -2.18. The lowest BCUT2D eigenvalue weighted by atomic mass is 10.1. The van der Waals surface area contributed by atoms with Crippen LogP contribution in [0.4, 0.5) is 0 Å². The second-order valence-electron chi connectivity index (χ2n) is 5.83. The highest BCUT2D eigenvalue weighted by Crippen LogP contribution is 2.29. The predicted octanol–water partition coefficient (Wildman–Crippen LogP) is 4.92. The first kappa shape index (κ1) is 17.6. The molecule has 25 heavy (non-hydrogen) atoms. The number of aromatic nitrogens is 2. The van der Waals surface area contributed by atoms with Crippen molar-refractivity contribution in [3.8, 4) is 17.1 Å². The molecule has 0 fully saturated rings. The number of methoxy groups -OCH3 is 1. The van der Waals surface area contributed by atoms with Gasteiger partial charge in [0.2, 0.25) is 11.7 Å². The Morgan fingerprint density at radius 3 is 2.52 bits per heavy atom. The zero-order valence-corrected chi connectivity index (χ0v) is 15.9. The van der Waals surface area contributed by atoms with E-state index in [-0.39, 0.29) is 12.1 Å². The van der Waals surface area contributed by atoms with Crippen LogP contribution in [0.15, 0.2) is 57.5 Å². The molecule has 0 aliphatic heterocycles. The first-order chi connectivity index (χ1) is 12.1. The van der Waals surface area contributed by atoms with Gasteiger partial charge in [-0.15, -0.1) is 0 Å². The number of ether oxygens (including phenoxy) is 1. The van der Waals surface area contributed by atoms with E-state index in [0.717, 1.165) is 21.3 Å². The van der Waals surface area contributed by atoms with Crippen molar-refractivity contribution < 1.29 is 9.26 Å². The Morgan fingerprint density at radius 1 is 1.08 bits per heavy atom. The van der Waals surface area contributed by atoms with E-state index in [1.807, 2.05) is 55.5 Å². The molecule has 0 spiro atoms. The van der Waals surface area contributed by atoms with Gasteiger partial charge in [0.1, 0.15) is 5.75 Å². The van der Waals surface area contributed by atoms with E-state index >= 15 is 0 Å². The number of nitrogens with zero attached hydrogens (tertiary/aromatic N) is 2. The molecule has 0 aliphatic carbocycles. The third kappa shape index (κ3) is 4.08. The quantitative estimate of drug-likeness (QED) is 0.634. The van der Waals surface area contributed by atoms with Gasteiger partial charge in [0, 0.05) is 11.6 Å². The minimum absolute atomic E-state index is 0.0687. The summed E-state index contributed by atoms with van der Waals surface area (Å²) >= 11 is 3.52. The fourth-order valence-corrected chi connectivity index (χ4v) is 3.17. The summed E-state index contributed by atoms with van der Waals surface area (Å²) in [5, 5.41) is 7.56. The Labute approximate surface area is 155 Å². The van der Waals surface area contributed by atoms with Crippen molar-refractivity contribution in [1.29, 1.82) is 0 Å². The van der Waals surface area contributed by atoms with Crippen LogP contribution in [0.3, 0.4) is 0 Å². The summed E-state index contributed by atoms with van der Waals surface area (Å²) in [6.45, 7) is 4.11. The first-order valence-corrected chi connectivity index (χ1v) is 8.86.